The van der Waals surface area contributed by atoms with Crippen LogP contribution in [0.2, 0.25) is 0 Å². The molecule has 0 bridgehead atoms. The number of aromatic nitrogens is 2. The Morgan fingerprint density at radius 1 is 1.21 bits per heavy atom. The van der Waals surface area contributed by atoms with Crippen molar-refractivity contribution in [1.29, 1.82) is 0 Å². The van der Waals surface area contributed by atoms with Crippen LogP contribution in [0.4, 0.5) is 0 Å². The lowest BCUT2D eigenvalue weighted by molar-refractivity contribution is 0.00700. The van der Waals surface area contributed by atoms with Crippen molar-refractivity contribution in [2.75, 3.05) is 0 Å². The van der Waals surface area contributed by atoms with Crippen molar-refractivity contribution in [2.24, 2.45) is 0 Å². The van der Waals surface area contributed by atoms with Crippen LogP contribution in [-0.2, 0) is 11.3 Å². The Labute approximate surface area is 200 Å². The minimum Gasteiger partial charge on any atom is -0.478 e. The van der Waals surface area contributed by atoms with E-state index in [0.717, 1.165) is 47.8 Å². The van der Waals surface area contributed by atoms with E-state index in [1.54, 1.807) is 36.7 Å². The molecule has 0 spiro atoms. The Morgan fingerprint density at radius 2 is 1.94 bits per heavy atom. The van der Waals surface area contributed by atoms with Crippen LogP contribution < -0.4 is 0 Å². The number of esters is 1. The van der Waals surface area contributed by atoms with Gasteiger partial charge in [0.2, 0.25) is 0 Å². The maximum absolute atomic E-state index is 13.2. The molecule has 3 aromatic rings. The number of carboxylic acids is 1. The molecule has 1 aliphatic carbocycles. The molecule has 4 rings (SSSR count). The van der Waals surface area contributed by atoms with E-state index in [-0.39, 0.29) is 5.56 Å². The lowest BCUT2D eigenvalue weighted by Gasteiger charge is -2.25. The summed E-state index contributed by atoms with van der Waals surface area (Å²) < 4.78 is 7.79. The minimum absolute atomic E-state index is 0.232. The predicted molar refractivity (Wildman–Crippen MR) is 133 cm³/mol. The summed E-state index contributed by atoms with van der Waals surface area (Å²) in [5.74, 6) is -1.05. The van der Waals surface area contributed by atoms with E-state index in [9.17, 15) is 14.7 Å². The summed E-state index contributed by atoms with van der Waals surface area (Å²) >= 11 is 0. The Bertz CT molecular complexity index is 1240. The third kappa shape index (κ3) is 4.63. The Hall–Kier alpha value is -3.41. The zero-order valence-corrected chi connectivity index (χ0v) is 20.1. The average Bonchev–Trinajstić information content (AvgIpc) is 3.12. The van der Waals surface area contributed by atoms with Crippen molar-refractivity contribution in [3.05, 3.63) is 66.0 Å². The van der Waals surface area contributed by atoms with Gasteiger partial charge in [0.1, 0.15) is 5.60 Å². The number of hydrogen-bond donors (Lipinski definition) is 1. The fraction of sp³-hybridized carbons (Fsp3) is 0.393. The molecular formula is C28H32N2O4. The highest BCUT2D eigenvalue weighted by molar-refractivity contribution is 6.02. The number of aromatic carboxylic acids is 1. The van der Waals surface area contributed by atoms with Crippen molar-refractivity contribution in [1.82, 2.24) is 9.55 Å². The van der Waals surface area contributed by atoms with Gasteiger partial charge in [-0.05, 0) is 63.3 Å². The second-order valence-corrected chi connectivity index (χ2v) is 9.96. The summed E-state index contributed by atoms with van der Waals surface area (Å²) in [6.07, 6.45) is 10.8. The van der Waals surface area contributed by atoms with Gasteiger partial charge in [-0.2, -0.15) is 0 Å². The molecule has 34 heavy (non-hydrogen) atoms. The second-order valence-electron chi connectivity index (χ2n) is 9.96. The van der Waals surface area contributed by atoms with Crippen LogP contribution in [0, 0.1) is 0 Å². The molecule has 0 radical (unpaired) electrons. The van der Waals surface area contributed by atoms with Crippen molar-refractivity contribution in [2.45, 2.75) is 70.9 Å². The van der Waals surface area contributed by atoms with Crippen LogP contribution in [-0.4, -0.2) is 32.2 Å². The largest absolute Gasteiger partial charge is 0.478 e. The van der Waals surface area contributed by atoms with Gasteiger partial charge in [0, 0.05) is 35.4 Å². The molecular weight excluding hydrogens is 428 g/mol. The molecule has 0 aliphatic heterocycles. The number of rotatable bonds is 6. The summed E-state index contributed by atoms with van der Waals surface area (Å²) in [5.41, 5.74) is 3.64. The maximum atomic E-state index is 13.2. The van der Waals surface area contributed by atoms with Gasteiger partial charge < -0.3 is 14.4 Å². The summed E-state index contributed by atoms with van der Waals surface area (Å²) in [6, 6.07) is 7.00. The Morgan fingerprint density at radius 3 is 2.59 bits per heavy atom. The van der Waals surface area contributed by atoms with Crippen LogP contribution in [0.15, 0.2) is 49.3 Å². The molecule has 0 atom stereocenters. The van der Waals surface area contributed by atoms with Crippen molar-refractivity contribution >= 4 is 22.8 Å². The monoisotopic (exact) mass is 460 g/mol. The highest BCUT2D eigenvalue weighted by Gasteiger charge is 2.30. The van der Waals surface area contributed by atoms with Gasteiger partial charge in [0.05, 0.1) is 16.8 Å². The van der Waals surface area contributed by atoms with Gasteiger partial charge in [0.25, 0.3) is 0 Å². The first-order chi connectivity index (χ1) is 16.2. The zero-order valence-electron chi connectivity index (χ0n) is 20.1. The molecule has 0 saturated heterocycles. The predicted octanol–water partition coefficient (Wildman–Crippen LogP) is 6.59. The van der Waals surface area contributed by atoms with E-state index < -0.39 is 17.5 Å². The number of fused-ring (bicyclic) bond motifs is 1. The third-order valence-corrected chi connectivity index (χ3v) is 6.37. The minimum atomic E-state index is -0.968. The van der Waals surface area contributed by atoms with E-state index in [2.05, 4.69) is 16.1 Å². The zero-order chi connectivity index (χ0) is 24.5. The molecule has 6 heteroatoms. The van der Waals surface area contributed by atoms with E-state index >= 15 is 0 Å². The Kier molecular flexibility index (Phi) is 6.60. The lowest BCUT2D eigenvalue weighted by atomic mass is 9.81. The molecule has 1 saturated carbocycles. The first-order valence-electron chi connectivity index (χ1n) is 11.9. The number of allylic oxidation sites excluding steroid dienone is 1. The first kappa shape index (κ1) is 23.7. The number of pyridine rings is 1. The van der Waals surface area contributed by atoms with Crippen LogP contribution >= 0.6 is 0 Å². The number of hydrogen-bond acceptors (Lipinski definition) is 4. The van der Waals surface area contributed by atoms with Crippen LogP contribution in [0.1, 0.15) is 85.1 Å². The van der Waals surface area contributed by atoms with E-state index in [4.69, 9.17) is 4.74 Å². The van der Waals surface area contributed by atoms with Crippen LogP contribution in [0.5, 0.6) is 0 Å². The van der Waals surface area contributed by atoms with Crippen molar-refractivity contribution in [3.8, 4) is 11.3 Å². The molecule has 1 fully saturated rings. The molecule has 1 aliphatic rings. The fourth-order valence-corrected chi connectivity index (χ4v) is 5.02. The van der Waals surface area contributed by atoms with Crippen LogP contribution in [0.25, 0.3) is 22.2 Å². The Balaban J connectivity index is 2.04. The number of ether oxygens (including phenoxy) is 1. The highest BCUT2D eigenvalue weighted by atomic mass is 16.6. The van der Waals surface area contributed by atoms with E-state index in [1.807, 2.05) is 26.8 Å². The molecule has 178 valence electrons. The summed E-state index contributed by atoms with van der Waals surface area (Å²) in [6.45, 7) is 9.96. The molecule has 1 aromatic carbocycles. The fourth-order valence-electron chi connectivity index (χ4n) is 5.02. The highest BCUT2D eigenvalue weighted by Crippen LogP contribution is 2.45. The maximum Gasteiger partial charge on any atom is 0.339 e. The van der Waals surface area contributed by atoms with Gasteiger partial charge in [-0.15, -0.1) is 6.58 Å². The quantitative estimate of drug-likeness (QED) is 0.331. The molecule has 0 amide bonds. The van der Waals surface area contributed by atoms with Gasteiger partial charge in [-0.3, -0.25) is 4.98 Å². The SMILES string of the molecule is C=CCn1c(-c2cnccc2C(=O)OC(C)(C)C)c(C2CCCCC2)c2ccc(C(=O)O)cc21. The molecule has 6 nitrogen and oxygen atoms in total. The standard InChI is InChI=1S/C28H32N2O4/c1-5-15-30-23-16-19(26(31)32)11-12-21(23)24(18-9-7-6-8-10-18)25(30)22-17-29-14-13-20(22)27(33)34-28(2,3)4/h5,11-14,16-18H,1,6-10,15H2,2-4H3,(H,31,32). The normalized spacial score (nSPS) is 14.8. The first-order valence-corrected chi connectivity index (χ1v) is 11.9. The molecule has 2 aromatic heterocycles. The molecule has 2 heterocycles. The average molecular weight is 461 g/mol. The van der Waals surface area contributed by atoms with E-state index in [1.165, 1.54) is 6.42 Å². The van der Waals surface area contributed by atoms with Gasteiger partial charge in [-0.25, -0.2) is 9.59 Å². The summed E-state index contributed by atoms with van der Waals surface area (Å²) in [5, 5.41) is 10.7. The number of carbonyl (C=O) groups is 2. The third-order valence-electron chi connectivity index (χ3n) is 6.37. The van der Waals surface area contributed by atoms with E-state index in [0.29, 0.717) is 23.6 Å². The summed E-state index contributed by atoms with van der Waals surface area (Å²) in [7, 11) is 0. The van der Waals surface area contributed by atoms with Crippen molar-refractivity contribution < 1.29 is 19.4 Å². The summed E-state index contributed by atoms with van der Waals surface area (Å²) in [4.78, 5) is 29.3. The van der Waals surface area contributed by atoms with Crippen LogP contribution in [0.3, 0.4) is 0 Å². The van der Waals surface area contributed by atoms with Gasteiger partial charge >= 0.3 is 11.9 Å². The lowest BCUT2D eigenvalue weighted by Crippen LogP contribution is -2.24. The number of nitrogens with zero attached hydrogens (tertiary/aromatic N) is 2. The molecule has 1 N–H and O–H groups in total. The van der Waals surface area contributed by atoms with Gasteiger partial charge in [-0.1, -0.05) is 31.4 Å². The van der Waals surface area contributed by atoms with Gasteiger partial charge in [0.15, 0.2) is 0 Å². The smallest absolute Gasteiger partial charge is 0.339 e. The molecule has 0 unspecified atom stereocenters. The number of carboxylic acid groups (broad SMARTS) is 1. The number of carbonyl (C=O) groups excluding carboxylic acids is 1. The topological polar surface area (TPSA) is 81.4 Å². The number of benzene rings is 1. The second kappa shape index (κ2) is 9.45. The van der Waals surface area contributed by atoms with Crippen molar-refractivity contribution in [3.63, 3.8) is 0 Å².